The summed E-state index contributed by atoms with van der Waals surface area (Å²) in [6.07, 6.45) is 5.98. The van der Waals surface area contributed by atoms with Crippen LogP contribution in [0, 0.1) is 6.04 Å². The van der Waals surface area contributed by atoms with Crippen LogP contribution >= 0.6 is 0 Å². The van der Waals surface area contributed by atoms with Crippen LogP contribution in [-0.4, -0.2) is 4.98 Å². The predicted molar refractivity (Wildman–Crippen MR) is 62.6 cm³/mol. The average molecular weight is 402 g/mol. The number of pyridine rings is 2. The maximum absolute atomic E-state index is 4.23. The molecule has 3 heterocycles. The van der Waals surface area contributed by atoms with E-state index in [0.29, 0.717) is 5.92 Å². The largest absolute Gasteiger partial charge is 0.327 e. The SMILES string of the molecule is C[C-]1C(C)c2cnccc2-c2cccc[n+]21.[Ir]. The van der Waals surface area contributed by atoms with Crippen molar-refractivity contribution in [1.82, 2.24) is 4.98 Å². The molecular formula is C14H14IrN2. The van der Waals surface area contributed by atoms with Gasteiger partial charge in [0.15, 0.2) is 0 Å². The Hall–Kier alpha value is -1.18. The summed E-state index contributed by atoms with van der Waals surface area (Å²) in [5, 5.41) is 0. The smallest absolute Gasteiger partial charge is 0.112 e. The van der Waals surface area contributed by atoms with Gasteiger partial charge in [0.1, 0.15) is 5.69 Å². The van der Waals surface area contributed by atoms with E-state index in [-0.39, 0.29) is 20.1 Å². The van der Waals surface area contributed by atoms with Crippen LogP contribution in [0.15, 0.2) is 42.9 Å². The van der Waals surface area contributed by atoms with E-state index in [1.807, 2.05) is 12.4 Å². The molecule has 2 nitrogen and oxygen atoms in total. The minimum absolute atomic E-state index is 0. The topological polar surface area (TPSA) is 16.8 Å². The molecule has 2 aromatic rings. The first kappa shape index (κ1) is 12.3. The van der Waals surface area contributed by atoms with Gasteiger partial charge >= 0.3 is 0 Å². The monoisotopic (exact) mass is 403 g/mol. The summed E-state index contributed by atoms with van der Waals surface area (Å²) in [7, 11) is 0. The van der Waals surface area contributed by atoms with Crippen LogP contribution in [-0.2, 0) is 20.1 Å². The Bertz CT molecular complexity index is 490. The Morgan fingerprint density at radius 3 is 2.94 bits per heavy atom. The number of fused-ring (bicyclic) bond motifs is 3. The summed E-state index contributed by atoms with van der Waals surface area (Å²) in [5.74, 6) is 0.434. The fourth-order valence-electron chi connectivity index (χ4n) is 2.39. The molecule has 0 saturated heterocycles. The third kappa shape index (κ3) is 1.80. The van der Waals surface area contributed by atoms with Crippen molar-refractivity contribution in [1.29, 1.82) is 0 Å². The molecule has 0 aliphatic carbocycles. The van der Waals surface area contributed by atoms with Crippen LogP contribution in [0.2, 0.25) is 0 Å². The van der Waals surface area contributed by atoms with Gasteiger partial charge in [-0.25, -0.2) is 0 Å². The molecule has 3 heteroatoms. The average Bonchev–Trinajstić information content (AvgIpc) is 2.36. The molecule has 0 fully saturated rings. The zero-order valence-electron chi connectivity index (χ0n) is 9.85. The van der Waals surface area contributed by atoms with Gasteiger partial charge in [-0.1, -0.05) is 19.1 Å². The Kier molecular flexibility index (Phi) is 3.32. The van der Waals surface area contributed by atoms with Crippen LogP contribution in [0.25, 0.3) is 11.3 Å². The number of rotatable bonds is 0. The van der Waals surface area contributed by atoms with E-state index in [4.69, 9.17) is 0 Å². The summed E-state index contributed by atoms with van der Waals surface area (Å²) in [6, 6.07) is 9.78. The Labute approximate surface area is 115 Å². The van der Waals surface area contributed by atoms with Gasteiger partial charge in [0.25, 0.3) is 0 Å². The molecule has 0 aromatic carbocycles. The van der Waals surface area contributed by atoms with E-state index < -0.39 is 0 Å². The van der Waals surface area contributed by atoms with Crippen LogP contribution in [0.4, 0.5) is 0 Å². The summed E-state index contributed by atoms with van der Waals surface area (Å²) in [6.45, 7) is 4.42. The van der Waals surface area contributed by atoms with E-state index in [1.165, 1.54) is 22.9 Å². The number of hydrogen-bond donors (Lipinski definition) is 0. The Balaban J connectivity index is 0.00000108. The molecule has 0 spiro atoms. The van der Waals surface area contributed by atoms with E-state index in [1.54, 1.807) is 0 Å². The van der Waals surface area contributed by atoms with E-state index in [2.05, 4.69) is 53.9 Å². The number of aromatic nitrogens is 2. The summed E-state index contributed by atoms with van der Waals surface area (Å²) >= 11 is 0. The number of hydrogen-bond acceptors (Lipinski definition) is 1. The van der Waals surface area contributed by atoms with Gasteiger partial charge < -0.3 is 4.57 Å². The van der Waals surface area contributed by atoms with Crippen molar-refractivity contribution in [3.05, 3.63) is 54.5 Å². The van der Waals surface area contributed by atoms with E-state index in [9.17, 15) is 0 Å². The molecule has 1 atom stereocenters. The molecule has 3 rings (SSSR count). The van der Waals surface area contributed by atoms with E-state index >= 15 is 0 Å². The third-order valence-corrected chi connectivity index (χ3v) is 3.46. The predicted octanol–water partition coefficient (Wildman–Crippen LogP) is 2.55. The van der Waals surface area contributed by atoms with Gasteiger partial charge in [-0.3, -0.25) is 4.98 Å². The van der Waals surface area contributed by atoms with Crippen molar-refractivity contribution in [2.24, 2.45) is 0 Å². The zero-order valence-corrected chi connectivity index (χ0v) is 12.2. The molecule has 1 unspecified atom stereocenters. The summed E-state index contributed by atoms with van der Waals surface area (Å²) < 4.78 is 2.27. The first-order valence-electron chi connectivity index (χ1n) is 5.58. The standard InChI is InChI=1S/C14H14N2.Ir/c1-10-11(2)16-8-4-3-5-14(16)12-6-7-15-9-13(10)12;/h3-10H,1-2H3;. The molecule has 17 heavy (non-hydrogen) atoms. The van der Waals surface area contributed by atoms with Crippen molar-refractivity contribution in [2.45, 2.75) is 19.8 Å². The minimum Gasteiger partial charge on any atom is -0.327 e. The second-order valence-electron chi connectivity index (χ2n) is 4.28. The molecule has 0 amide bonds. The molecular weight excluding hydrogens is 388 g/mol. The Morgan fingerprint density at radius 2 is 2.12 bits per heavy atom. The normalized spacial score (nSPS) is 16.8. The van der Waals surface area contributed by atoms with Crippen molar-refractivity contribution >= 4 is 0 Å². The van der Waals surface area contributed by atoms with Crippen LogP contribution in [0.5, 0.6) is 0 Å². The maximum Gasteiger partial charge on any atom is 0.112 e. The second-order valence-corrected chi connectivity index (χ2v) is 4.28. The summed E-state index contributed by atoms with van der Waals surface area (Å²) in [4.78, 5) is 4.23. The maximum atomic E-state index is 4.23. The first-order valence-corrected chi connectivity index (χ1v) is 5.58. The molecule has 1 aliphatic heterocycles. The fraction of sp³-hybridized carbons (Fsp3) is 0.214. The van der Waals surface area contributed by atoms with Crippen LogP contribution in [0.3, 0.4) is 0 Å². The molecule has 2 aromatic heterocycles. The second kappa shape index (κ2) is 4.59. The molecule has 1 aliphatic rings. The molecule has 1 radical (unpaired) electrons. The summed E-state index contributed by atoms with van der Waals surface area (Å²) in [5.41, 5.74) is 3.88. The number of nitrogens with zero attached hydrogens (tertiary/aromatic N) is 2. The molecule has 89 valence electrons. The van der Waals surface area contributed by atoms with Gasteiger partial charge in [-0.2, -0.15) is 0 Å². The van der Waals surface area contributed by atoms with Gasteiger partial charge in [-0.15, -0.1) is 0 Å². The van der Waals surface area contributed by atoms with E-state index in [0.717, 1.165) is 0 Å². The van der Waals surface area contributed by atoms with Crippen molar-refractivity contribution in [3.8, 4) is 11.3 Å². The van der Waals surface area contributed by atoms with Gasteiger partial charge in [0, 0.05) is 38.4 Å². The zero-order chi connectivity index (χ0) is 11.1. The molecule has 0 saturated carbocycles. The van der Waals surface area contributed by atoms with Crippen LogP contribution in [0.1, 0.15) is 25.3 Å². The fourth-order valence-corrected chi connectivity index (χ4v) is 2.39. The molecule has 0 bridgehead atoms. The Morgan fingerprint density at radius 1 is 1.29 bits per heavy atom. The van der Waals surface area contributed by atoms with Gasteiger partial charge in [0.05, 0.1) is 12.2 Å². The minimum atomic E-state index is 0. The first-order chi connectivity index (χ1) is 7.79. The van der Waals surface area contributed by atoms with Crippen molar-refractivity contribution < 1.29 is 24.7 Å². The van der Waals surface area contributed by atoms with Crippen molar-refractivity contribution in [2.75, 3.05) is 0 Å². The van der Waals surface area contributed by atoms with Crippen LogP contribution < -0.4 is 4.57 Å². The van der Waals surface area contributed by atoms with Gasteiger partial charge in [0.2, 0.25) is 0 Å². The third-order valence-electron chi connectivity index (χ3n) is 3.46. The van der Waals surface area contributed by atoms with Gasteiger partial charge in [-0.05, 0) is 30.2 Å². The quantitative estimate of drug-likeness (QED) is 0.489. The van der Waals surface area contributed by atoms with Crippen molar-refractivity contribution in [3.63, 3.8) is 0 Å². The molecule has 0 N–H and O–H groups in total.